The minimum Gasteiger partial charge on any atom is -0.465 e. The zero-order valence-electron chi connectivity index (χ0n) is 21.2. The highest BCUT2D eigenvalue weighted by molar-refractivity contribution is 7.14. The Morgan fingerprint density at radius 3 is 2.09 bits per heavy atom. The van der Waals surface area contributed by atoms with Crippen molar-refractivity contribution in [2.45, 2.75) is 72.3 Å². The predicted molar refractivity (Wildman–Crippen MR) is 137 cm³/mol. The summed E-state index contributed by atoms with van der Waals surface area (Å²) >= 11 is 1.34. The van der Waals surface area contributed by atoms with Crippen LogP contribution in [-0.4, -0.2) is 67.0 Å². The maximum atomic E-state index is 12.2. The van der Waals surface area contributed by atoms with Gasteiger partial charge in [0.05, 0.1) is 5.69 Å². The molecule has 0 aliphatic carbocycles. The lowest BCUT2D eigenvalue weighted by atomic mass is 10.0. The molecule has 0 atom stereocenters. The molecular weight excluding hydrogens is 470 g/mol. The first kappa shape index (κ1) is 28.1. The van der Waals surface area contributed by atoms with Crippen LogP contribution in [0.3, 0.4) is 0 Å². The van der Waals surface area contributed by atoms with Crippen LogP contribution in [-0.2, 0) is 11.2 Å². The van der Waals surface area contributed by atoms with Crippen molar-refractivity contribution in [3.8, 4) is 11.3 Å². The molecule has 0 aliphatic heterocycles. The number of carbonyl (C=O) groups is 3. The molecule has 4 N–H and O–H groups in total. The Kier molecular flexibility index (Phi) is 8.85. The Morgan fingerprint density at radius 1 is 1.03 bits per heavy atom. The zero-order chi connectivity index (χ0) is 26.6. The summed E-state index contributed by atoms with van der Waals surface area (Å²) in [4.78, 5) is 42.3. The molecule has 1 heterocycles. The molecule has 0 fully saturated rings. The molecule has 11 heteroatoms. The molecule has 0 spiro atoms. The van der Waals surface area contributed by atoms with Gasteiger partial charge in [-0.15, -0.1) is 11.3 Å². The standard InChI is InChI=1S/C24H35N5O5S/c1-15(30)26-19-27-18(14-35-19)17-10-8-9-16(13-17)11-12-25-20(28(21(31)32)23(2,3)4)29(22(33)34)24(5,6)7/h8-10,13-14,20,25H,11-12H2,1-7H3,(H,31,32)(H,33,34)(H,26,27,30). The van der Waals surface area contributed by atoms with Crippen molar-refractivity contribution >= 4 is 34.6 Å². The highest BCUT2D eigenvalue weighted by Crippen LogP contribution is 2.27. The second-order valence-electron chi connectivity index (χ2n) is 10.1. The number of carbonyl (C=O) groups excluding carboxylic acids is 1. The van der Waals surface area contributed by atoms with E-state index < -0.39 is 29.6 Å². The highest BCUT2D eigenvalue weighted by atomic mass is 32.1. The first-order valence-electron chi connectivity index (χ1n) is 11.2. The fourth-order valence-electron chi connectivity index (χ4n) is 3.66. The maximum absolute atomic E-state index is 12.2. The normalized spacial score (nSPS) is 11.9. The van der Waals surface area contributed by atoms with Crippen molar-refractivity contribution in [2.75, 3.05) is 11.9 Å². The number of thiazole rings is 1. The highest BCUT2D eigenvalue weighted by Gasteiger charge is 2.42. The molecule has 1 aromatic heterocycles. The summed E-state index contributed by atoms with van der Waals surface area (Å²) in [5.41, 5.74) is 0.895. The lowest BCUT2D eigenvalue weighted by Gasteiger charge is -2.48. The zero-order valence-corrected chi connectivity index (χ0v) is 22.1. The van der Waals surface area contributed by atoms with Crippen LogP contribution in [0.4, 0.5) is 14.7 Å². The fourth-order valence-corrected chi connectivity index (χ4v) is 4.43. The van der Waals surface area contributed by atoms with E-state index in [2.05, 4.69) is 15.6 Å². The quantitative estimate of drug-likeness (QED) is 0.381. The summed E-state index contributed by atoms with van der Waals surface area (Å²) < 4.78 is 0. The summed E-state index contributed by atoms with van der Waals surface area (Å²) in [7, 11) is 0. The van der Waals surface area contributed by atoms with Crippen LogP contribution in [0.1, 0.15) is 54.0 Å². The van der Waals surface area contributed by atoms with Gasteiger partial charge in [0.2, 0.25) is 5.91 Å². The SMILES string of the molecule is CC(=O)Nc1nc(-c2cccc(CCNC(N(C(=O)O)C(C)(C)C)N(C(=O)O)C(C)(C)C)c2)cs1. The van der Waals surface area contributed by atoms with Crippen LogP contribution in [0.5, 0.6) is 0 Å². The summed E-state index contributed by atoms with van der Waals surface area (Å²) in [6.45, 7) is 12.1. The molecule has 0 radical (unpaired) electrons. The Bertz CT molecular complexity index is 1030. The number of aromatic nitrogens is 1. The van der Waals surface area contributed by atoms with E-state index in [0.717, 1.165) is 26.6 Å². The van der Waals surface area contributed by atoms with Gasteiger partial charge in [0.1, 0.15) is 0 Å². The topological polar surface area (TPSA) is 135 Å². The lowest BCUT2D eigenvalue weighted by molar-refractivity contribution is -0.114. The number of benzene rings is 1. The second-order valence-corrected chi connectivity index (χ2v) is 11.0. The van der Waals surface area contributed by atoms with E-state index in [9.17, 15) is 24.6 Å². The van der Waals surface area contributed by atoms with E-state index in [-0.39, 0.29) is 5.91 Å². The van der Waals surface area contributed by atoms with Crippen molar-refractivity contribution in [3.05, 3.63) is 35.2 Å². The number of hydrogen-bond donors (Lipinski definition) is 4. The lowest BCUT2D eigenvalue weighted by Crippen LogP contribution is -2.68. The number of rotatable bonds is 8. The largest absolute Gasteiger partial charge is 0.465 e. The van der Waals surface area contributed by atoms with Gasteiger partial charge in [-0.25, -0.2) is 14.6 Å². The van der Waals surface area contributed by atoms with Crippen molar-refractivity contribution in [2.24, 2.45) is 0 Å². The van der Waals surface area contributed by atoms with E-state index in [1.54, 1.807) is 41.5 Å². The molecule has 1 aromatic carbocycles. The van der Waals surface area contributed by atoms with Crippen molar-refractivity contribution in [3.63, 3.8) is 0 Å². The van der Waals surface area contributed by atoms with Crippen molar-refractivity contribution in [1.82, 2.24) is 20.1 Å². The third kappa shape index (κ3) is 7.66. The Morgan fingerprint density at radius 2 is 1.60 bits per heavy atom. The van der Waals surface area contributed by atoms with Crippen molar-refractivity contribution in [1.29, 1.82) is 0 Å². The molecule has 2 rings (SSSR count). The predicted octanol–water partition coefficient (Wildman–Crippen LogP) is 4.74. The van der Waals surface area contributed by atoms with Gasteiger partial charge in [-0.05, 0) is 59.6 Å². The van der Waals surface area contributed by atoms with E-state index in [0.29, 0.717) is 18.1 Å². The van der Waals surface area contributed by atoms with Crippen LogP contribution in [0.15, 0.2) is 29.6 Å². The maximum Gasteiger partial charge on any atom is 0.410 e. The van der Waals surface area contributed by atoms with Crippen LogP contribution in [0.25, 0.3) is 11.3 Å². The average molecular weight is 506 g/mol. The minimum atomic E-state index is -1.22. The van der Waals surface area contributed by atoms with Gasteiger partial charge in [-0.3, -0.25) is 19.9 Å². The molecule has 10 nitrogen and oxygen atoms in total. The number of amides is 3. The fraction of sp³-hybridized carbons (Fsp3) is 0.500. The molecule has 0 aliphatic rings. The first-order chi connectivity index (χ1) is 16.1. The average Bonchev–Trinajstić information content (AvgIpc) is 3.13. The Balaban J connectivity index is 2.25. The Labute approximate surface area is 210 Å². The van der Waals surface area contributed by atoms with Gasteiger partial charge in [-0.1, -0.05) is 18.2 Å². The third-order valence-electron chi connectivity index (χ3n) is 5.10. The molecule has 3 amide bonds. The van der Waals surface area contributed by atoms with Gasteiger partial charge in [0, 0.05) is 35.5 Å². The second kappa shape index (κ2) is 11.0. The summed E-state index contributed by atoms with van der Waals surface area (Å²) in [5.74, 6) is -0.184. The molecule has 0 unspecified atom stereocenters. The van der Waals surface area contributed by atoms with Crippen molar-refractivity contribution < 1.29 is 24.6 Å². The monoisotopic (exact) mass is 505 g/mol. The number of nitrogens with zero attached hydrogens (tertiary/aromatic N) is 3. The molecule has 0 bridgehead atoms. The van der Waals surface area contributed by atoms with E-state index in [1.807, 2.05) is 29.6 Å². The molecule has 0 saturated heterocycles. The summed E-state index contributed by atoms with van der Waals surface area (Å²) in [6.07, 6.45) is -2.99. The van der Waals surface area contributed by atoms with Crippen LogP contribution >= 0.6 is 11.3 Å². The number of carboxylic acid groups (broad SMARTS) is 2. The van der Waals surface area contributed by atoms with E-state index in [1.165, 1.54) is 18.3 Å². The van der Waals surface area contributed by atoms with Crippen LogP contribution in [0.2, 0.25) is 0 Å². The van der Waals surface area contributed by atoms with E-state index >= 15 is 0 Å². The summed E-state index contributed by atoms with van der Waals surface area (Å²) in [5, 5.41) is 28.1. The molecule has 0 saturated carbocycles. The third-order valence-corrected chi connectivity index (χ3v) is 5.85. The number of hydrogen-bond acceptors (Lipinski definition) is 6. The van der Waals surface area contributed by atoms with Gasteiger partial charge < -0.3 is 15.5 Å². The molecular formula is C24H35N5O5S. The van der Waals surface area contributed by atoms with Crippen LogP contribution < -0.4 is 10.6 Å². The molecule has 2 aromatic rings. The molecule has 35 heavy (non-hydrogen) atoms. The Hall–Kier alpha value is -3.18. The van der Waals surface area contributed by atoms with Gasteiger partial charge in [-0.2, -0.15) is 0 Å². The van der Waals surface area contributed by atoms with Gasteiger partial charge in [0.25, 0.3) is 0 Å². The number of anilines is 1. The minimum absolute atomic E-state index is 0.184. The van der Waals surface area contributed by atoms with Gasteiger partial charge in [0.15, 0.2) is 11.4 Å². The smallest absolute Gasteiger partial charge is 0.410 e. The molecule has 192 valence electrons. The summed E-state index contributed by atoms with van der Waals surface area (Å²) in [6, 6.07) is 7.74. The van der Waals surface area contributed by atoms with E-state index in [4.69, 9.17) is 0 Å². The first-order valence-corrected chi connectivity index (χ1v) is 12.1. The number of nitrogens with one attached hydrogen (secondary N) is 2. The van der Waals surface area contributed by atoms with Crippen LogP contribution in [0, 0.1) is 0 Å². The van der Waals surface area contributed by atoms with Gasteiger partial charge >= 0.3 is 12.2 Å².